The van der Waals surface area contributed by atoms with Crippen molar-refractivity contribution in [2.45, 2.75) is 6.92 Å². The number of hydrogen-bond acceptors (Lipinski definition) is 0. The molecule has 0 radical (unpaired) electrons. The van der Waals surface area contributed by atoms with E-state index in [1.165, 1.54) is 39.3 Å². The lowest BCUT2D eigenvalue weighted by Crippen LogP contribution is -2.39. The van der Waals surface area contributed by atoms with Gasteiger partial charge in [-0.25, -0.2) is 0 Å². The van der Waals surface area contributed by atoms with Crippen molar-refractivity contribution in [3.63, 3.8) is 0 Å². The second kappa shape index (κ2) is 7.16. The van der Waals surface area contributed by atoms with Crippen LogP contribution in [0.1, 0.15) is 5.56 Å². The third-order valence-electron chi connectivity index (χ3n) is 5.17. The van der Waals surface area contributed by atoms with Gasteiger partial charge in [-0.15, -0.1) is 0 Å². The molecule has 0 bridgehead atoms. The Morgan fingerprint density at radius 2 is 1.30 bits per heavy atom. The van der Waals surface area contributed by atoms with Crippen LogP contribution in [0.3, 0.4) is 0 Å². The molecule has 0 aliphatic rings. The smallest absolute Gasteiger partial charge is 0.196 e. The summed E-state index contributed by atoms with van der Waals surface area (Å²) in [5.74, 6) is 0. The fraction of sp³-hybridized carbons (Fsp3) is 0.120. The number of aryl methyl sites for hydroxylation is 2. The van der Waals surface area contributed by atoms with Crippen LogP contribution >= 0.6 is 0 Å². The summed E-state index contributed by atoms with van der Waals surface area (Å²) in [6.07, 6.45) is 2.09. The summed E-state index contributed by atoms with van der Waals surface area (Å²) in [4.78, 5) is 0. The van der Waals surface area contributed by atoms with Crippen LogP contribution < -0.4 is 9.13 Å². The van der Waals surface area contributed by atoms with Gasteiger partial charge in [0.1, 0.15) is 14.1 Å². The Morgan fingerprint density at radius 3 is 2.07 bits per heavy atom. The highest BCUT2D eigenvalue weighted by Crippen LogP contribution is 2.28. The first-order chi connectivity index (χ1) is 13.1. The standard InChI is InChI=1S/C25H24N2/c1-19-15-16-21(20-10-5-4-6-11-20)18-22(19)23-13-9-14-25(27(23)3)24-12-7-8-17-26(24)2/h4-18H,1-3H3/q+2. The molecule has 0 aliphatic carbocycles. The molecule has 2 heteroatoms. The molecule has 2 aromatic heterocycles. The van der Waals surface area contributed by atoms with Gasteiger partial charge < -0.3 is 0 Å². The molecular weight excluding hydrogens is 328 g/mol. The van der Waals surface area contributed by atoms with E-state index in [9.17, 15) is 0 Å². The molecule has 0 spiro atoms. The maximum atomic E-state index is 2.30. The molecule has 0 saturated carbocycles. The van der Waals surface area contributed by atoms with Crippen molar-refractivity contribution < 1.29 is 9.13 Å². The normalized spacial score (nSPS) is 10.8. The SMILES string of the molecule is Cc1ccc(-c2ccccc2)cc1-c1cccc(-c2cccc[n+]2C)[n+]1C. The Balaban J connectivity index is 1.88. The molecule has 2 nitrogen and oxygen atoms in total. The van der Waals surface area contributed by atoms with Crippen LogP contribution in [0.2, 0.25) is 0 Å². The summed E-state index contributed by atoms with van der Waals surface area (Å²) in [6.45, 7) is 2.18. The largest absolute Gasteiger partial charge is 0.277 e. The molecule has 0 atom stereocenters. The first kappa shape index (κ1) is 17.2. The van der Waals surface area contributed by atoms with E-state index in [-0.39, 0.29) is 0 Å². The fourth-order valence-electron chi connectivity index (χ4n) is 3.61. The minimum absolute atomic E-state index is 1.19. The number of benzene rings is 2. The fourth-order valence-corrected chi connectivity index (χ4v) is 3.61. The predicted molar refractivity (Wildman–Crippen MR) is 110 cm³/mol. The predicted octanol–water partition coefficient (Wildman–Crippen LogP) is 4.65. The van der Waals surface area contributed by atoms with Crippen molar-refractivity contribution in [3.05, 3.63) is 96.7 Å². The Hall–Kier alpha value is -3.26. The summed E-state index contributed by atoms with van der Waals surface area (Å²) in [6, 6.07) is 30.1. The second-order valence-corrected chi connectivity index (χ2v) is 6.95. The van der Waals surface area contributed by atoms with Gasteiger partial charge >= 0.3 is 0 Å². The average molecular weight is 352 g/mol. The molecule has 0 N–H and O–H groups in total. The zero-order chi connectivity index (χ0) is 18.8. The molecule has 2 aromatic carbocycles. The van der Waals surface area contributed by atoms with Gasteiger partial charge in [0, 0.05) is 29.8 Å². The van der Waals surface area contributed by atoms with E-state index < -0.39 is 0 Å². The number of nitrogens with zero attached hydrogens (tertiary/aromatic N) is 2. The highest BCUT2D eigenvalue weighted by molar-refractivity contribution is 5.73. The van der Waals surface area contributed by atoms with E-state index in [1.54, 1.807) is 0 Å². The molecule has 0 unspecified atom stereocenters. The maximum absolute atomic E-state index is 2.30. The summed E-state index contributed by atoms with van der Waals surface area (Å²) in [5.41, 5.74) is 8.63. The summed E-state index contributed by atoms with van der Waals surface area (Å²) in [7, 11) is 4.23. The van der Waals surface area contributed by atoms with Crippen molar-refractivity contribution in [2.24, 2.45) is 14.1 Å². The topological polar surface area (TPSA) is 7.76 Å². The van der Waals surface area contributed by atoms with Crippen LogP contribution in [0, 0.1) is 6.92 Å². The lowest BCUT2D eigenvalue weighted by atomic mass is 9.97. The Labute approximate surface area is 161 Å². The van der Waals surface area contributed by atoms with Crippen LogP contribution in [0.15, 0.2) is 91.1 Å². The van der Waals surface area contributed by atoms with Crippen LogP contribution in [-0.4, -0.2) is 0 Å². The lowest BCUT2D eigenvalue weighted by Gasteiger charge is -2.09. The van der Waals surface area contributed by atoms with Gasteiger partial charge in [-0.2, -0.15) is 9.13 Å². The summed E-state index contributed by atoms with van der Waals surface area (Å²) < 4.78 is 4.44. The Morgan fingerprint density at radius 1 is 0.593 bits per heavy atom. The van der Waals surface area contributed by atoms with E-state index in [2.05, 4.69) is 121 Å². The molecule has 132 valence electrons. The molecule has 0 amide bonds. The van der Waals surface area contributed by atoms with Crippen LogP contribution in [0.25, 0.3) is 33.8 Å². The van der Waals surface area contributed by atoms with Crippen LogP contribution in [0.4, 0.5) is 0 Å². The van der Waals surface area contributed by atoms with Gasteiger partial charge in [-0.05, 0) is 41.8 Å². The van der Waals surface area contributed by atoms with Crippen molar-refractivity contribution in [3.8, 4) is 33.8 Å². The third kappa shape index (κ3) is 3.26. The van der Waals surface area contributed by atoms with Crippen molar-refractivity contribution in [1.29, 1.82) is 0 Å². The zero-order valence-corrected chi connectivity index (χ0v) is 16.1. The van der Waals surface area contributed by atoms with E-state index >= 15 is 0 Å². The van der Waals surface area contributed by atoms with Gasteiger partial charge in [0.2, 0.25) is 5.69 Å². The second-order valence-electron chi connectivity index (χ2n) is 6.95. The lowest BCUT2D eigenvalue weighted by molar-refractivity contribution is -0.685. The first-order valence-electron chi connectivity index (χ1n) is 9.25. The van der Waals surface area contributed by atoms with E-state index in [1.807, 2.05) is 0 Å². The molecule has 0 fully saturated rings. The summed E-state index contributed by atoms with van der Waals surface area (Å²) >= 11 is 0. The van der Waals surface area contributed by atoms with Gasteiger partial charge in [0.25, 0.3) is 11.4 Å². The zero-order valence-electron chi connectivity index (χ0n) is 16.1. The van der Waals surface area contributed by atoms with Crippen LogP contribution in [-0.2, 0) is 14.1 Å². The van der Waals surface area contributed by atoms with E-state index in [0.29, 0.717) is 0 Å². The van der Waals surface area contributed by atoms with Crippen LogP contribution in [0.5, 0.6) is 0 Å². The molecule has 27 heavy (non-hydrogen) atoms. The number of pyridine rings is 2. The average Bonchev–Trinajstić information content (AvgIpc) is 2.70. The van der Waals surface area contributed by atoms with Gasteiger partial charge in [0.05, 0.1) is 0 Å². The number of hydrogen-bond donors (Lipinski definition) is 0. The Kier molecular flexibility index (Phi) is 4.55. The Bertz CT molecular complexity index is 1100. The monoisotopic (exact) mass is 352 g/mol. The molecule has 0 aliphatic heterocycles. The van der Waals surface area contributed by atoms with Gasteiger partial charge in [0.15, 0.2) is 6.20 Å². The van der Waals surface area contributed by atoms with Crippen molar-refractivity contribution in [2.75, 3.05) is 0 Å². The van der Waals surface area contributed by atoms with E-state index in [4.69, 9.17) is 0 Å². The summed E-state index contributed by atoms with van der Waals surface area (Å²) in [5, 5.41) is 0. The quantitative estimate of drug-likeness (QED) is 0.474. The van der Waals surface area contributed by atoms with Crippen molar-refractivity contribution in [1.82, 2.24) is 0 Å². The van der Waals surface area contributed by atoms with Gasteiger partial charge in [-0.3, -0.25) is 0 Å². The number of aromatic nitrogens is 2. The molecule has 2 heterocycles. The minimum atomic E-state index is 1.19. The highest BCUT2D eigenvalue weighted by atomic mass is 15.0. The number of rotatable bonds is 3. The van der Waals surface area contributed by atoms with Gasteiger partial charge in [-0.1, -0.05) is 42.5 Å². The maximum Gasteiger partial charge on any atom is 0.277 e. The molecule has 4 rings (SSSR count). The van der Waals surface area contributed by atoms with Crippen molar-refractivity contribution >= 4 is 0 Å². The minimum Gasteiger partial charge on any atom is -0.196 e. The molecule has 0 saturated heterocycles. The van der Waals surface area contributed by atoms with E-state index in [0.717, 1.165) is 0 Å². The molecular formula is C25H24N2+2. The molecule has 4 aromatic rings. The third-order valence-corrected chi connectivity index (χ3v) is 5.17. The first-order valence-corrected chi connectivity index (χ1v) is 9.25. The highest BCUT2D eigenvalue weighted by Gasteiger charge is 2.23.